The molecule has 7 nitrogen and oxygen atoms in total. The topological polar surface area (TPSA) is 84.9 Å². The third-order valence-corrected chi connectivity index (χ3v) is 6.46. The average molecular weight is 449 g/mol. The minimum absolute atomic E-state index is 0.0434. The SMILES string of the molecule is COc1ccc(S(=O)(=O)N(CCc2ccccc2)CC(=O)NCC(C)(C)C)cc1OC. The van der Waals surface area contributed by atoms with Gasteiger partial charge in [0.1, 0.15) is 0 Å². The summed E-state index contributed by atoms with van der Waals surface area (Å²) in [5.74, 6) is 0.399. The normalized spacial score (nSPS) is 11.9. The molecule has 2 rings (SSSR count). The molecule has 170 valence electrons. The minimum atomic E-state index is -3.94. The van der Waals surface area contributed by atoms with E-state index in [0.29, 0.717) is 24.5 Å². The van der Waals surface area contributed by atoms with E-state index in [1.807, 2.05) is 51.1 Å². The molecule has 0 aromatic heterocycles. The number of carbonyl (C=O) groups is 1. The number of benzene rings is 2. The standard InChI is InChI=1S/C23H32N2O5S/c1-23(2,3)17-24-22(26)16-25(14-13-18-9-7-6-8-10-18)31(27,28)19-11-12-20(29-4)21(15-19)30-5/h6-12,15H,13-14,16-17H2,1-5H3,(H,24,26). The number of ether oxygens (including phenoxy) is 2. The van der Waals surface area contributed by atoms with Crippen LogP contribution in [0.4, 0.5) is 0 Å². The number of carbonyl (C=O) groups excluding carboxylic acids is 1. The van der Waals surface area contributed by atoms with Crippen LogP contribution in [-0.4, -0.2) is 52.5 Å². The van der Waals surface area contributed by atoms with Crippen molar-refractivity contribution >= 4 is 15.9 Å². The number of sulfonamides is 1. The van der Waals surface area contributed by atoms with Crippen molar-refractivity contribution in [1.82, 2.24) is 9.62 Å². The van der Waals surface area contributed by atoms with Gasteiger partial charge in [-0.2, -0.15) is 4.31 Å². The zero-order valence-corrected chi connectivity index (χ0v) is 19.7. The molecule has 0 radical (unpaired) electrons. The summed E-state index contributed by atoms with van der Waals surface area (Å²) in [5, 5.41) is 2.83. The summed E-state index contributed by atoms with van der Waals surface area (Å²) in [6, 6.07) is 14.0. The van der Waals surface area contributed by atoms with Crippen molar-refractivity contribution < 1.29 is 22.7 Å². The van der Waals surface area contributed by atoms with Crippen LogP contribution in [0.15, 0.2) is 53.4 Å². The maximum absolute atomic E-state index is 13.4. The van der Waals surface area contributed by atoms with Gasteiger partial charge >= 0.3 is 0 Å². The first kappa shape index (κ1) is 24.7. The van der Waals surface area contributed by atoms with Gasteiger partial charge in [0.25, 0.3) is 0 Å². The Morgan fingerprint density at radius 3 is 2.23 bits per heavy atom. The van der Waals surface area contributed by atoms with Gasteiger partial charge in [-0.3, -0.25) is 4.79 Å². The van der Waals surface area contributed by atoms with Crippen molar-refractivity contribution in [2.24, 2.45) is 5.41 Å². The van der Waals surface area contributed by atoms with Crippen LogP contribution in [-0.2, 0) is 21.2 Å². The lowest BCUT2D eigenvalue weighted by atomic mass is 9.97. The van der Waals surface area contributed by atoms with Crippen LogP contribution in [0.1, 0.15) is 26.3 Å². The second-order valence-corrected chi connectivity index (χ2v) is 10.4. The van der Waals surface area contributed by atoms with Crippen LogP contribution < -0.4 is 14.8 Å². The van der Waals surface area contributed by atoms with E-state index in [1.165, 1.54) is 30.7 Å². The molecule has 0 aliphatic rings. The van der Waals surface area contributed by atoms with Gasteiger partial charge in [-0.15, -0.1) is 0 Å². The van der Waals surface area contributed by atoms with Gasteiger partial charge in [-0.05, 0) is 29.5 Å². The average Bonchev–Trinajstić information content (AvgIpc) is 2.74. The quantitative estimate of drug-likeness (QED) is 0.604. The molecule has 0 saturated heterocycles. The third-order valence-electron chi connectivity index (χ3n) is 4.62. The first-order valence-corrected chi connectivity index (χ1v) is 11.5. The molecule has 0 heterocycles. The summed E-state index contributed by atoms with van der Waals surface area (Å²) >= 11 is 0. The monoisotopic (exact) mass is 448 g/mol. The molecule has 0 saturated carbocycles. The largest absolute Gasteiger partial charge is 0.493 e. The van der Waals surface area contributed by atoms with Gasteiger partial charge in [0.05, 0.1) is 25.7 Å². The number of methoxy groups -OCH3 is 2. The molecule has 0 aliphatic carbocycles. The summed E-state index contributed by atoms with van der Waals surface area (Å²) < 4.78 is 38.5. The van der Waals surface area contributed by atoms with Crippen LogP contribution in [0, 0.1) is 5.41 Å². The first-order chi connectivity index (χ1) is 14.6. The molecule has 2 aromatic carbocycles. The lowest BCUT2D eigenvalue weighted by molar-refractivity contribution is -0.121. The van der Waals surface area contributed by atoms with Crippen LogP contribution >= 0.6 is 0 Å². The number of hydrogen-bond donors (Lipinski definition) is 1. The van der Waals surface area contributed by atoms with Gasteiger partial charge in [0.2, 0.25) is 15.9 Å². The number of amides is 1. The fourth-order valence-corrected chi connectivity index (χ4v) is 4.30. The molecule has 8 heteroatoms. The second kappa shape index (κ2) is 10.6. The Hall–Kier alpha value is -2.58. The highest BCUT2D eigenvalue weighted by atomic mass is 32.2. The Balaban J connectivity index is 2.29. The van der Waals surface area contributed by atoms with E-state index in [2.05, 4.69) is 5.32 Å². The highest BCUT2D eigenvalue weighted by molar-refractivity contribution is 7.89. The van der Waals surface area contributed by atoms with Gasteiger partial charge in [-0.1, -0.05) is 51.1 Å². The molecule has 0 fully saturated rings. The second-order valence-electron chi connectivity index (χ2n) is 8.43. The molecule has 0 bridgehead atoms. The van der Waals surface area contributed by atoms with Crippen LogP contribution in [0.5, 0.6) is 11.5 Å². The summed E-state index contributed by atoms with van der Waals surface area (Å²) in [4.78, 5) is 12.6. The fraction of sp³-hybridized carbons (Fsp3) is 0.435. The van der Waals surface area contributed by atoms with E-state index in [1.54, 1.807) is 6.07 Å². The van der Waals surface area contributed by atoms with Crippen molar-refractivity contribution in [2.75, 3.05) is 33.9 Å². The molecule has 0 spiro atoms. The predicted octanol–water partition coefficient (Wildman–Crippen LogP) is 3.10. The molecule has 0 aliphatic heterocycles. The number of hydrogen-bond acceptors (Lipinski definition) is 5. The van der Waals surface area contributed by atoms with Crippen molar-refractivity contribution in [1.29, 1.82) is 0 Å². The lowest BCUT2D eigenvalue weighted by Crippen LogP contribution is -2.43. The van der Waals surface area contributed by atoms with Gasteiger partial charge in [0, 0.05) is 19.2 Å². The van der Waals surface area contributed by atoms with E-state index < -0.39 is 10.0 Å². The summed E-state index contributed by atoms with van der Waals surface area (Å²) in [7, 11) is -1.01. The van der Waals surface area contributed by atoms with Crippen LogP contribution in [0.25, 0.3) is 0 Å². The summed E-state index contributed by atoms with van der Waals surface area (Å²) in [6.07, 6.45) is 0.486. The molecular weight excluding hydrogens is 416 g/mol. The van der Waals surface area contributed by atoms with E-state index in [0.717, 1.165) is 5.56 Å². The zero-order valence-electron chi connectivity index (χ0n) is 18.8. The number of nitrogens with zero attached hydrogens (tertiary/aromatic N) is 1. The van der Waals surface area contributed by atoms with Crippen molar-refractivity contribution in [3.8, 4) is 11.5 Å². The zero-order chi connectivity index (χ0) is 23.1. The highest BCUT2D eigenvalue weighted by Gasteiger charge is 2.28. The Labute approximate surface area is 185 Å². The Kier molecular flexibility index (Phi) is 8.47. The van der Waals surface area contributed by atoms with E-state index >= 15 is 0 Å². The van der Waals surface area contributed by atoms with E-state index in [-0.39, 0.29) is 29.3 Å². The minimum Gasteiger partial charge on any atom is -0.493 e. The molecular formula is C23H32N2O5S. The number of rotatable bonds is 10. The van der Waals surface area contributed by atoms with E-state index in [4.69, 9.17) is 9.47 Å². The fourth-order valence-electron chi connectivity index (χ4n) is 2.89. The molecule has 2 aromatic rings. The van der Waals surface area contributed by atoms with Crippen LogP contribution in [0.3, 0.4) is 0 Å². The first-order valence-electron chi connectivity index (χ1n) is 10.1. The maximum Gasteiger partial charge on any atom is 0.243 e. The van der Waals surface area contributed by atoms with Crippen molar-refractivity contribution in [2.45, 2.75) is 32.1 Å². The van der Waals surface area contributed by atoms with Gasteiger partial charge < -0.3 is 14.8 Å². The Morgan fingerprint density at radius 1 is 1.00 bits per heavy atom. The predicted molar refractivity (Wildman–Crippen MR) is 121 cm³/mol. The van der Waals surface area contributed by atoms with E-state index in [9.17, 15) is 13.2 Å². The summed E-state index contributed by atoms with van der Waals surface area (Å²) in [5.41, 5.74) is 0.886. The lowest BCUT2D eigenvalue weighted by Gasteiger charge is -2.24. The molecule has 31 heavy (non-hydrogen) atoms. The van der Waals surface area contributed by atoms with Gasteiger partial charge in [0.15, 0.2) is 11.5 Å². The summed E-state index contributed by atoms with van der Waals surface area (Å²) in [6.45, 7) is 6.36. The molecule has 1 amide bonds. The van der Waals surface area contributed by atoms with Crippen LogP contribution in [0.2, 0.25) is 0 Å². The smallest absolute Gasteiger partial charge is 0.243 e. The molecule has 0 atom stereocenters. The van der Waals surface area contributed by atoms with Crippen molar-refractivity contribution in [3.05, 3.63) is 54.1 Å². The van der Waals surface area contributed by atoms with Gasteiger partial charge in [-0.25, -0.2) is 8.42 Å². The Morgan fingerprint density at radius 2 is 1.65 bits per heavy atom. The Bertz CT molecular complexity index is 969. The highest BCUT2D eigenvalue weighted by Crippen LogP contribution is 2.30. The molecule has 1 N–H and O–H groups in total. The van der Waals surface area contributed by atoms with Crippen molar-refractivity contribution in [3.63, 3.8) is 0 Å². The number of nitrogens with one attached hydrogen (secondary N) is 1. The molecule has 0 unspecified atom stereocenters. The third kappa shape index (κ3) is 7.25. The maximum atomic E-state index is 13.4.